The van der Waals surface area contributed by atoms with E-state index in [1.165, 1.54) is 14.2 Å². The molecule has 33 heavy (non-hydrogen) atoms. The Kier molecular flexibility index (Phi) is 5.48. The van der Waals surface area contributed by atoms with Crippen LogP contribution >= 0.6 is 11.8 Å². The van der Waals surface area contributed by atoms with Gasteiger partial charge in [0.05, 0.1) is 31.1 Å². The van der Waals surface area contributed by atoms with Gasteiger partial charge in [-0.1, -0.05) is 48.2 Å². The first-order valence-corrected chi connectivity index (χ1v) is 11.2. The zero-order chi connectivity index (χ0) is 22.9. The van der Waals surface area contributed by atoms with Crippen molar-refractivity contribution in [2.75, 3.05) is 14.2 Å². The van der Waals surface area contributed by atoms with E-state index in [0.717, 1.165) is 37.5 Å². The van der Waals surface area contributed by atoms with Crippen molar-refractivity contribution in [1.29, 1.82) is 0 Å². The van der Waals surface area contributed by atoms with Crippen LogP contribution < -0.4 is 4.74 Å². The molecule has 0 aliphatic heterocycles. The summed E-state index contributed by atoms with van der Waals surface area (Å²) in [6.45, 7) is 1.86. The Morgan fingerprint density at radius 2 is 1.70 bits per heavy atom. The van der Waals surface area contributed by atoms with E-state index in [1.54, 1.807) is 23.9 Å². The standard InChI is InChI=1S/C26H21N3O3S/c1-15-27-21-14-22(31-2)19(26(30)32-3)13-18(21)23(28-15)24-25(33-16-9-5-4-6-10-16)17-11-7-8-12-20(17)29-24/h4-14,29H,1-3H3. The molecule has 0 atom stereocenters. The van der Waals surface area contributed by atoms with Crippen LogP contribution in [0.25, 0.3) is 33.2 Å². The van der Waals surface area contributed by atoms with Gasteiger partial charge in [0.25, 0.3) is 0 Å². The molecule has 1 N–H and O–H groups in total. The van der Waals surface area contributed by atoms with Crippen LogP contribution in [0, 0.1) is 6.92 Å². The van der Waals surface area contributed by atoms with E-state index >= 15 is 0 Å². The number of hydrogen-bond donors (Lipinski definition) is 1. The molecular weight excluding hydrogens is 434 g/mol. The number of H-pyrrole nitrogens is 1. The Labute approximate surface area is 195 Å². The van der Waals surface area contributed by atoms with E-state index < -0.39 is 5.97 Å². The molecule has 0 fully saturated rings. The molecule has 0 amide bonds. The van der Waals surface area contributed by atoms with Gasteiger partial charge in [-0.25, -0.2) is 14.8 Å². The van der Waals surface area contributed by atoms with Gasteiger partial charge in [0, 0.05) is 32.1 Å². The van der Waals surface area contributed by atoms with E-state index in [4.69, 9.17) is 14.5 Å². The first kappa shape index (κ1) is 21.0. The molecular formula is C26H21N3O3S. The van der Waals surface area contributed by atoms with Gasteiger partial charge in [0.1, 0.15) is 17.1 Å². The minimum Gasteiger partial charge on any atom is -0.496 e. The first-order valence-electron chi connectivity index (χ1n) is 10.4. The van der Waals surface area contributed by atoms with Crippen molar-refractivity contribution in [3.8, 4) is 17.1 Å². The topological polar surface area (TPSA) is 77.1 Å². The lowest BCUT2D eigenvalue weighted by Gasteiger charge is -2.12. The third kappa shape index (κ3) is 3.81. The van der Waals surface area contributed by atoms with Crippen molar-refractivity contribution in [3.05, 3.63) is 78.1 Å². The second-order valence-corrected chi connectivity index (χ2v) is 8.55. The van der Waals surface area contributed by atoms with Crippen LogP contribution in [0.4, 0.5) is 0 Å². The number of rotatable bonds is 5. The number of carbonyl (C=O) groups excluding carboxylic acids is 1. The zero-order valence-corrected chi connectivity index (χ0v) is 19.2. The minimum absolute atomic E-state index is 0.328. The van der Waals surface area contributed by atoms with Gasteiger partial charge in [-0.2, -0.15) is 0 Å². The first-order chi connectivity index (χ1) is 16.1. The molecule has 0 radical (unpaired) electrons. The molecule has 0 bridgehead atoms. The Hall–Kier alpha value is -3.84. The minimum atomic E-state index is -0.476. The molecule has 6 nitrogen and oxygen atoms in total. The number of aryl methyl sites for hydroxylation is 1. The maximum Gasteiger partial charge on any atom is 0.341 e. The fraction of sp³-hybridized carbons (Fsp3) is 0.115. The molecule has 7 heteroatoms. The van der Waals surface area contributed by atoms with Crippen LogP contribution in [-0.4, -0.2) is 35.1 Å². The fourth-order valence-corrected chi connectivity index (χ4v) is 4.96. The molecule has 0 aliphatic rings. The SMILES string of the molecule is COC(=O)c1cc2c(-c3[nH]c4ccccc4c3Sc3ccccc3)nc(C)nc2cc1OC. The number of carbonyl (C=O) groups is 1. The van der Waals surface area contributed by atoms with E-state index in [1.807, 2.05) is 43.3 Å². The number of para-hydroxylation sites is 1. The second-order valence-electron chi connectivity index (χ2n) is 7.47. The van der Waals surface area contributed by atoms with Gasteiger partial charge in [-0.15, -0.1) is 0 Å². The molecule has 164 valence electrons. The molecule has 5 rings (SSSR count). The monoisotopic (exact) mass is 455 g/mol. The van der Waals surface area contributed by atoms with Gasteiger partial charge < -0.3 is 14.5 Å². The van der Waals surface area contributed by atoms with Gasteiger partial charge >= 0.3 is 5.97 Å². The summed E-state index contributed by atoms with van der Waals surface area (Å²) in [5.41, 5.74) is 3.63. The number of esters is 1. The summed E-state index contributed by atoms with van der Waals surface area (Å²) in [5.74, 6) is 0.560. The van der Waals surface area contributed by atoms with E-state index in [0.29, 0.717) is 22.7 Å². The summed E-state index contributed by atoms with van der Waals surface area (Å²) in [6, 6.07) is 21.9. The molecule has 2 aromatic heterocycles. The number of fused-ring (bicyclic) bond motifs is 2. The summed E-state index contributed by atoms with van der Waals surface area (Å²) in [5, 5.41) is 1.84. The number of benzene rings is 3. The van der Waals surface area contributed by atoms with Gasteiger partial charge in [-0.3, -0.25) is 0 Å². The number of ether oxygens (including phenoxy) is 2. The normalized spacial score (nSPS) is 11.1. The summed E-state index contributed by atoms with van der Waals surface area (Å²) in [6.07, 6.45) is 0. The van der Waals surface area contributed by atoms with Crippen LogP contribution in [0.3, 0.4) is 0 Å². The third-order valence-corrected chi connectivity index (χ3v) is 6.53. The lowest BCUT2D eigenvalue weighted by molar-refractivity contribution is 0.0597. The molecule has 0 saturated carbocycles. The zero-order valence-electron chi connectivity index (χ0n) is 18.4. The maximum absolute atomic E-state index is 12.4. The molecule has 0 aliphatic carbocycles. The maximum atomic E-state index is 12.4. The van der Waals surface area contributed by atoms with Crippen molar-refractivity contribution in [2.45, 2.75) is 16.7 Å². The van der Waals surface area contributed by atoms with Gasteiger partial charge in [0.15, 0.2) is 0 Å². The summed E-state index contributed by atoms with van der Waals surface area (Å²) in [7, 11) is 2.87. The summed E-state index contributed by atoms with van der Waals surface area (Å²) >= 11 is 1.67. The molecule has 5 aromatic rings. The Balaban J connectivity index is 1.81. The predicted molar refractivity (Wildman–Crippen MR) is 130 cm³/mol. The highest BCUT2D eigenvalue weighted by Gasteiger charge is 2.22. The van der Waals surface area contributed by atoms with Crippen LogP contribution in [0.15, 0.2) is 76.5 Å². The highest BCUT2D eigenvalue weighted by Crippen LogP contribution is 2.42. The van der Waals surface area contributed by atoms with Crippen LogP contribution in [0.1, 0.15) is 16.2 Å². The number of aromatic nitrogens is 3. The number of nitrogens with zero attached hydrogens (tertiary/aromatic N) is 2. The number of hydrogen-bond acceptors (Lipinski definition) is 6. The molecule has 0 saturated heterocycles. The van der Waals surface area contributed by atoms with E-state index in [-0.39, 0.29) is 0 Å². The quantitative estimate of drug-likeness (QED) is 0.326. The molecule has 2 heterocycles. The Morgan fingerprint density at radius 1 is 0.939 bits per heavy atom. The van der Waals surface area contributed by atoms with Crippen LogP contribution in [0.2, 0.25) is 0 Å². The van der Waals surface area contributed by atoms with Crippen LogP contribution in [-0.2, 0) is 4.74 Å². The highest BCUT2D eigenvalue weighted by atomic mass is 32.2. The largest absolute Gasteiger partial charge is 0.496 e. The van der Waals surface area contributed by atoms with Crippen molar-refractivity contribution < 1.29 is 14.3 Å². The average molecular weight is 456 g/mol. The van der Waals surface area contributed by atoms with Gasteiger partial charge in [0.2, 0.25) is 0 Å². The smallest absolute Gasteiger partial charge is 0.341 e. The van der Waals surface area contributed by atoms with E-state index in [9.17, 15) is 4.79 Å². The number of nitrogens with one attached hydrogen (secondary N) is 1. The van der Waals surface area contributed by atoms with Crippen molar-refractivity contribution in [3.63, 3.8) is 0 Å². The number of methoxy groups -OCH3 is 2. The third-order valence-electron chi connectivity index (χ3n) is 5.39. The van der Waals surface area contributed by atoms with Crippen molar-refractivity contribution >= 4 is 39.5 Å². The van der Waals surface area contributed by atoms with E-state index in [2.05, 4.69) is 28.2 Å². The lowest BCUT2D eigenvalue weighted by Crippen LogP contribution is -2.05. The van der Waals surface area contributed by atoms with Crippen LogP contribution in [0.5, 0.6) is 5.75 Å². The number of aromatic amines is 1. The molecule has 0 unspecified atom stereocenters. The highest BCUT2D eigenvalue weighted by molar-refractivity contribution is 7.99. The van der Waals surface area contributed by atoms with Crippen molar-refractivity contribution in [1.82, 2.24) is 15.0 Å². The second kappa shape index (κ2) is 8.60. The fourth-order valence-electron chi connectivity index (χ4n) is 3.90. The van der Waals surface area contributed by atoms with Gasteiger partial charge in [-0.05, 0) is 31.2 Å². The molecule has 0 spiro atoms. The molecule has 3 aromatic carbocycles. The predicted octanol–water partition coefficient (Wildman–Crippen LogP) is 6.03. The van der Waals surface area contributed by atoms with Crippen molar-refractivity contribution in [2.24, 2.45) is 0 Å². The Bertz CT molecular complexity index is 1500. The average Bonchev–Trinajstić information content (AvgIpc) is 3.21. The summed E-state index contributed by atoms with van der Waals surface area (Å²) < 4.78 is 10.4. The Morgan fingerprint density at radius 3 is 2.45 bits per heavy atom. The lowest BCUT2D eigenvalue weighted by atomic mass is 10.1. The summed E-state index contributed by atoms with van der Waals surface area (Å²) in [4.78, 5) is 27.6.